The Morgan fingerprint density at radius 1 is 0.897 bits per heavy atom. The maximum absolute atomic E-state index is 12.7. The number of rotatable bonds is 4. The maximum Gasteiger partial charge on any atom is 0.414 e. The number of carbonyl (C=O) groups is 3. The van der Waals surface area contributed by atoms with Crippen LogP contribution in [0.2, 0.25) is 0 Å². The molecular weight excluding hydrogens is 372 g/mol. The van der Waals surface area contributed by atoms with Crippen LogP contribution < -0.4 is 0 Å². The van der Waals surface area contributed by atoms with Gasteiger partial charge in [-0.05, 0) is 56.2 Å². The molecule has 1 aromatic rings. The molecule has 0 saturated carbocycles. The van der Waals surface area contributed by atoms with E-state index in [9.17, 15) is 4.79 Å². The van der Waals surface area contributed by atoms with Crippen molar-refractivity contribution in [3.05, 3.63) is 35.4 Å². The number of benzene rings is 1. The molecule has 160 valence electrons. The second kappa shape index (κ2) is 11.6. The summed E-state index contributed by atoms with van der Waals surface area (Å²) in [5, 5.41) is 14.8. The Balaban J connectivity index is 0.000000438. The summed E-state index contributed by atoms with van der Waals surface area (Å²) in [6.07, 6.45) is 6.97. The molecule has 2 heterocycles. The Morgan fingerprint density at radius 3 is 2.03 bits per heavy atom. The summed E-state index contributed by atoms with van der Waals surface area (Å²) in [7, 11) is 0. The Bertz CT molecular complexity index is 671. The number of aliphatic carboxylic acids is 2. The van der Waals surface area contributed by atoms with E-state index in [4.69, 9.17) is 19.8 Å². The Labute approximate surface area is 172 Å². The van der Waals surface area contributed by atoms with Crippen molar-refractivity contribution < 1.29 is 24.6 Å². The van der Waals surface area contributed by atoms with Crippen molar-refractivity contribution in [1.82, 2.24) is 9.80 Å². The molecule has 0 aromatic heterocycles. The third kappa shape index (κ3) is 7.49. The SMILES string of the molecule is CCc1ccc(CN2CCCC(C(=O)N3CCCCC3)C2)cc1.O=C(O)C(=O)O. The van der Waals surface area contributed by atoms with Gasteiger partial charge in [0.2, 0.25) is 5.91 Å². The fourth-order valence-electron chi connectivity index (χ4n) is 3.91. The smallest absolute Gasteiger partial charge is 0.414 e. The highest BCUT2D eigenvalue weighted by atomic mass is 16.4. The number of aryl methyl sites for hydroxylation is 1. The molecule has 29 heavy (non-hydrogen) atoms. The van der Waals surface area contributed by atoms with Gasteiger partial charge in [0.05, 0.1) is 5.92 Å². The van der Waals surface area contributed by atoms with E-state index in [2.05, 4.69) is 41.0 Å². The molecule has 0 aliphatic carbocycles. The Morgan fingerprint density at radius 2 is 1.48 bits per heavy atom. The molecule has 3 rings (SSSR count). The van der Waals surface area contributed by atoms with Gasteiger partial charge in [-0.2, -0.15) is 0 Å². The lowest BCUT2D eigenvalue weighted by Gasteiger charge is -2.36. The molecule has 1 aromatic carbocycles. The van der Waals surface area contributed by atoms with Crippen molar-refractivity contribution in [2.45, 2.75) is 52.0 Å². The van der Waals surface area contributed by atoms with E-state index in [1.165, 1.54) is 30.4 Å². The van der Waals surface area contributed by atoms with Crippen LogP contribution in [-0.2, 0) is 27.3 Å². The first-order valence-electron chi connectivity index (χ1n) is 10.5. The normalized spacial score (nSPS) is 19.8. The third-order valence-electron chi connectivity index (χ3n) is 5.54. The van der Waals surface area contributed by atoms with Gasteiger partial charge >= 0.3 is 11.9 Å². The zero-order valence-corrected chi connectivity index (χ0v) is 17.2. The van der Waals surface area contributed by atoms with Gasteiger partial charge in [-0.3, -0.25) is 9.69 Å². The van der Waals surface area contributed by atoms with Crippen LogP contribution in [0.1, 0.15) is 50.2 Å². The fraction of sp³-hybridized carbons (Fsp3) is 0.591. The van der Waals surface area contributed by atoms with Crippen LogP contribution >= 0.6 is 0 Å². The quantitative estimate of drug-likeness (QED) is 0.749. The summed E-state index contributed by atoms with van der Waals surface area (Å²) in [5.41, 5.74) is 2.76. The van der Waals surface area contributed by atoms with Crippen molar-refractivity contribution in [2.24, 2.45) is 5.92 Å². The number of hydrogen-bond donors (Lipinski definition) is 2. The first-order valence-corrected chi connectivity index (χ1v) is 10.5. The van der Waals surface area contributed by atoms with Gasteiger partial charge in [0.15, 0.2) is 0 Å². The van der Waals surface area contributed by atoms with E-state index in [1.807, 2.05) is 0 Å². The van der Waals surface area contributed by atoms with Gasteiger partial charge < -0.3 is 15.1 Å². The standard InChI is InChI=1S/C20H30N2O.C2H2O4/c1-2-17-8-10-18(11-9-17)15-21-12-6-7-19(16-21)20(23)22-13-4-3-5-14-22;3-1(4)2(5)6/h8-11,19H,2-7,12-16H2,1H3;(H,3,4)(H,5,6). The number of carbonyl (C=O) groups excluding carboxylic acids is 1. The van der Waals surface area contributed by atoms with E-state index in [0.29, 0.717) is 5.91 Å². The van der Waals surface area contributed by atoms with Crippen LogP contribution in [0.25, 0.3) is 0 Å². The van der Waals surface area contributed by atoms with E-state index < -0.39 is 11.9 Å². The van der Waals surface area contributed by atoms with Gasteiger partial charge in [-0.15, -0.1) is 0 Å². The predicted molar refractivity (Wildman–Crippen MR) is 110 cm³/mol. The van der Waals surface area contributed by atoms with Gasteiger partial charge in [0.1, 0.15) is 0 Å². The van der Waals surface area contributed by atoms with E-state index in [0.717, 1.165) is 52.0 Å². The highest BCUT2D eigenvalue weighted by Crippen LogP contribution is 2.22. The molecule has 0 bridgehead atoms. The Kier molecular flexibility index (Phi) is 9.12. The molecule has 7 nitrogen and oxygen atoms in total. The van der Waals surface area contributed by atoms with Crippen LogP contribution in [-0.4, -0.2) is 64.0 Å². The summed E-state index contributed by atoms with van der Waals surface area (Å²) >= 11 is 0. The van der Waals surface area contributed by atoms with Crippen LogP contribution in [0.15, 0.2) is 24.3 Å². The molecule has 7 heteroatoms. The zero-order valence-electron chi connectivity index (χ0n) is 17.2. The molecule has 2 saturated heterocycles. The van der Waals surface area contributed by atoms with Crippen molar-refractivity contribution in [1.29, 1.82) is 0 Å². The molecule has 2 aliphatic heterocycles. The average Bonchev–Trinajstić information content (AvgIpc) is 2.75. The molecule has 1 unspecified atom stereocenters. The van der Waals surface area contributed by atoms with Crippen LogP contribution in [0.5, 0.6) is 0 Å². The number of hydrogen-bond acceptors (Lipinski definition) is 4. The fourth-order valence-corrected chi connectivity index (χ4v) is 3.91. The lowest BCUT2D eigenvalue weighted by atomic mass is 9.95. The number of amides is 1. The van der Waals surface area contributed by atoms with Gasteiger partial charge in [-0.25, -0.2) is 9.59 Å². The van der Waals surface area contributed by atoms with Crippen LogP contribution in [0.3, 0.4) is 0 Å². The van der Waals surface area contributed by atoms with Crippen molar-refractivity contribution in [3.8, 4) is 0 Å². The van der Waals surface area contributed by atoms with E-state index in [-0.39, 0.29) is 5.92 Å². The summed E-state index contributed by atoms with van der Waals surface area (Å²) in [5.74, 6) is -3.02. The largest absolute Gasteiger partial charge is 0.473 e. The summed E-state index contributed by atoms with van der Waals surface area (Å²) < 4.78 is 0. The number of nitrogens with zero attached hydrogens (tertiary/aromatic N) is 2. The van der Waals surface area contributed by atoms with E-state index >= 15 is 0 Å². The first-order chi connectivity index (χ1) is 13.9. The second-order valence-electron chi connectivity index (χ2n) is 7.74. The minimum atomic E-state index is -1.82. The molecule has 1 amide bonds. The van der Waals surface area contributed by atoms with Gasteiger partial charge in [0.25, 0.3) is 0 Å². The van der Waals surface area contributed by atoms with Crippen molar-refractivity contribution in [2.75, 3.05) is 26.2 Å². The molecule has 2 N–H and O–H groups in total. The Hall–Kier alpha value is -2.41. The highest BCUT2D eigenvalue weighted by Gasteiger charge is 2.29. The molecule has 2 fully saturated rings. The third-order valence-corrected chi connectivity index (χ3v) is 5.54. The number of likely N-dealkylation sites (tertiary alicyclic amines) is 2. The number of piperidine rings is 2. The van der Waals surface area contributed by atoms with Crippen molar-refractivity contribution >= 4 is 17.8 Å². The molecular formula is C22H32N2O5. The summed E-state index contributed by atoms with van der Waals surface area (Å²) in [4.78, 5) is 35.5. The minimum absolute atomic E-state index is 0.219. The average molecular weight is 405 g/mol. The lowest BCUT2D eigenvalue weighted by Crippen LogP contribution is -2.46. The first kappa shape index (κ1) is 22.9. The molecule has 2 aliphatic rings. The highest BCUT2D eigenvalue weighted by molar-refractivity contribution is 6.27. The molecule has 0 radical (unpaired) electrons. The lowest BCUT2D eigenvalue weighted by molar-refractivity contribution is -0.159. The molecule has 0 spiro atoms. The van der Waals surface area contributed by atoms with E-state index in [1.54, 1.807) is 0 Å². The maximum atomic E-state index is 12.7. The number of carboxylic acids is 2. The number of carboxylic acid groups (broad SMARTS) is 2. The van der Waals surface area contributed by atoms with Crippen LogP contribution in [0, 0.1) is 5.92 Å². The minimum Gasteiger partial charge on any atom is -0.473 e. The topological polar surface area (TPSA) is 98.2 Å². The predicted octanol–water partition coefficient (Wildman–Crippen LogP) is 2.63. The molecule has 1 atom stereocenters. The van der Waals surface area contributed by atoms with Crippen molar-refractivity contribution in [3.63, 3.8) is 0 Å². The zero-order chi connectivity index (χ0) is 21.2. The monoisotopic (exact) mass is 404 g/mol. The van der Waals surface area contributed by atoms with Gasteiger partial charge in [0, 0.05) is 26.2 Å². The summed E-state index contributed by atoms with van der Waals surface area (Å²) in [6.45, 7) is 7.19. The summed E-state index contributed by atoms with van der Waals surface area (Å²) in [6, 6.07) is 8.95. The van der Waals surface area contributed by atoms with Crippen LogP contribution in [0.4, 0.5) is 0 Å². The second-order valence-corrected chi connectivity index (χ2v) is 7.74. The van der Waals surface area contributed by atoms with Gasteiger partial charge in [-0.1, -0.05) is 31.2 Å².